The lowest BCUT2D eigenvalue weighted by atomic mass is 10.2. The SMILES string of the molecule is CCCCc1ccc(/C=N/NC(N)=O)s1. The Bertz CT molecular complexity index is 346. The van der Waals surface area contributed by atoms with Gasteiger partial charge in [-0.15, -0.1) is 11.3 Å². The molecule has 0 saturated carbocycles. The van der Waals surface area contributed by atoms with Crippen LogP contribution < -0.4 is 11.2 Å². The number of nitrogens with zero attached hydrogens (tertiary/aromatic N) is 1. The van der Waals surface area contributed by atoms with E-state index in [0.29, 0.717) is 0 Å². The van der Waals surface area contributed by atoms with Gasteiger partial charge < -0.3 is 5.73 Å². The molecule has 0 saturated heterocycles. The van der Waals surface area contributed by atoms with Crippen LogP contribution in [-0.4, -0.2) is 12.2 Å². The number of carbonyl (C=O) groups excluding carboxylic acids is 1. The summed E-state index contributed by atoms with van der Waals surface area (Å²) in [4.78, 5) is 12.7. The predicted octanol–water partition coefficient (Wildman–Crippen LogP) is 2.09. The summed E-state index contributed by atoms with van der Waals surface area (Å²) in [5.74, 6) is 0. The molecule has 5 heteroatoms. The van der Waals surface area contributed by atoms with E-state index < -0.39 is 6.03 Å². The fourth-order valence-corrected chi connectivity index (χ4v) is 2.04. The van der Waals surface area contributed by atoms with Crippen molar-refractivity contribution in [2.75, 3.05) is 0 Å². The maximum Gasteiger partial charge on any atom is 0.332 e. The minimum atomic E-state index is -0.644. The molecule has 0 unspecified atom stereocenters. The van der Waals surface area contributed by atoms with Gasteiger partial charge in [-0.25, -0.2) is 10.2 Å². The molecule has 0 fully saturated rings. The molecule has 0 bridgehead atoms. The van der Waals surface area contributed by atoms with Crippen molar-refractivity contribution in [1.29, 1.82) is 0 Å². The van der Waals surface area contributed by atoms with E-state index in [0.717, 1.165) is 11.3 Å². The molecule has 0 aromatic carbocycles. The van der Waals surface area contributed by atoms with Gasteiger partial charge in [0.15, 0.2) is 0 Å². The fraction of sp³-hybridized carbons (Fsp3) is 0.400. The molecule has 1 aromatic heterocycles. The molecule has 0 radical (unpaired) electrons. The van der Waals surface area contributed by atoms with E-state index in [2.05, 4.69) is 23.5 Å². The third-order valence-electron chi connectivity index (χ3n) is 1.83. The van der Waals surface area contributed by atoms with Gasteiger partial charge in [0.05, 0.1) is 6.21 Å². The molecule has 0 atom stereocenters. The zero-order chi connectivity index (χ0) is 11.1. The molecule has 4 nitrogen and oxygen atoms in total. The highest BCUT2D eigenvalue weighted by atomic mass is 32.1. The van der Waals surface area contributed by atoms with E-state index in [1.54, 1.807) is 17.6 Å². The number of amides is 2. The van der Waals surface area contributed by atoms with Gasteiger partial charge in [0.1, 0.15) is 0 Å². The van der Waals surface area contributed by atoms with Crippen molar-refractivity contribution in [1.82, 2.24) is 5.43 Å². The smallest absolute Gasteiger partial charge is 0.332 e. The van der Waals surface area contributed by atoms with Crippen LogP contribution in [0.3, 0.4) is 0 Å². The molecule has 2 amide bonds. The second kappa shape index (κ2) is 6.19. The molecule has 3 N–H and O–H groups in total. The number of aryl methyl sites for hydroxylation is 1. The second-order valence-electron chi connectivity index (χ2n) is 3.14. The lowest BCUT2D eigenvalue weighted by Gasteiger charge is -1.92. The van der Waals surface area contributed by atoms with Crippen molar-refractivity contribution >= 4 is 23.6 Å². The van der Waals surface area contributed by atoms with Gasteiger partial charge in [-0.1, -0.05) is 13.3 Å². The molecule has 1 rings (SSSR count). The highest BCUT2D eigenvalue weighted by molar-refractivity contribution is 7.13. The zero-order valence-corrected chi connectivity index (χ0v) is 9.51. The molecule has 1 aromatic rings. The summed E-state index contributed by atoms with van der Waals surface area (Å²) in [7, 11) is 0. The Morgan fingerprint density at radius 3 is 3.13 bits per heavy atom. The summed E-state index contributed by atoms with van der Waals surface area (Å²) in [6.45, 7) is 2.17. The van der Waals surface area contributed by atoms with Gasteiger partial charge in [-0.05, 0) is 25.0 Å². The fourth-order valence-electron chi connectivity index (χ4n) is 1.11. The number of rotatable bonds is 5. The summed E-state index contributed by atoms with van der Waals surface area (Å²) in [5, 5.41) is 3.70. The maximum atomic E-state index is 10.3. The number of carbonyl (C=O) groups is 1. The molecule has 15 heavy (non-hydrogen) atoms. The Balaban J connectivity index is 2.45. The van der Waals surface area contributed by atoms with Crippen LogP contribution in [0.2, 0.25) is 0 Å². The first-order valence-electron chi connectivity index (χ1n) is 4.89. The number of primary amides is 1. The highest BCUT2D eigenvalue weighted by Crippen LogP contribution is 2.16. The van der Waals surface area contributed by atoms with Gasteiger partial charge >= 0.3 is 6.03 Å². The van der Waals surface area contributed by atoms with Gasteiger partial charge in [0.2, 0.25) is 0 Å². The summed E-state index contributed by atoms with van der Waals surface area (Å²) in [5.41, 5.74) is 7.03. The van der Waals surface area contributed by atoms with Crippen molar-refractivity contribution in [2.24, 2.45) is 10.8 Å². The molecule has 1 heterocycles. The van der Waals surface area contributed by atoms with Gasteiger partial charge in [-0.2, -0.15) is 5.10 Å². The van der Waals surface area contributed by atoms with Crippen LogP contribution in [0.15, 0.2) is 17.2 Å². The average molecular weight is 225 g/mol. The van der Waals surface area contributed by atoms with Crippen molar-refractivity contribution in [3.63, 3.8) is 0 Å². The Kier molecular flexibility index (Phi) is 4.83. The molecule has 0 aliphatic rings. The van der Waals surface area contributed by atoms with Crippen LogP contribution in [-0.2, 0) is 6.42 Å². The van der Waals surface area contributed by atoms with Crippen LogP contribution in [0, 0.1) is 0 Å². The number of hydrogen-bond donors (Lipinski definition) is 2. The lowest BCUT2D eigenvalue weighted by molar-refractivity contribution is 0.249. The topological polar surface area (TPSA) is 67.5 Å². The molecule has 0 aliphatic heterocycles. The van der Waals surface area contributed by atoms with E-state index in [1.165, 1.54) is 17.7 Å². The van der Waals surface area contributed by atoms with Crippen LogP contribution in [0.5, 0.6) is 0 Å². The second-order valence-corrected chi connectivity index (χ2v) is 4.34. The summed E-state index contributed by atoms with van der Waals surface area (Å²) in [6.07, 6.45) is 5.12. The number of hydrogen-bond acceptors (Lipinski definition) is 3. The molecule has 82 valence electrons. The minimum absolute atomic E-state index is 0.644. The van der Waals surface area contributed by atoms with Crippen molar-refractivity contribution < 1.29 is 4.79 Å². The van der Waals surface area contributed by atoms with E-state index in [1.807, 2.05) is 6.07 Å². The number of nitrogens with two attached hydrogens (primary N) is 1. The van der Waals surface area contributed by atoms with Crippen LogP contribution >= 0.6 is 11.3 Å². The van der Waals surface area contributed by atoms with Crippen LogP contribution in [0.25, 0.3) is 0 Å². The number of thiophene rings is 1. The molecule has 0 spiro atoms. The molecular weight excluding hydrogens is 210 g/mol. The average Bonchev–Trinajstić information content (AvgIpc) is 2.62. The van der Waals surface area contributed by atoms with E-state index in [-0.39, 0.29) is 0 Å². The number of unbranched alkanes of at least 4 members (excludes halogenated alkanes) is 1. The highest BCUT2D eigenvalue weighted by Gasteiger charge is 1.97. The third-order valence-corrected chi connectivity index (χ3v) is 2.91. The summed E-state index contributed by atoms with van der Waals surface area (Å²) in [6, 6.07) is 3.43. The third kappa shape index (κ3) is 4.60. The standard InChI is InChI=1S/C10H15N3OS/c1-2-3-4-8-5-6-9(15-8)7-12-13-10(11)14/h5-7H,2-4H2,1H3,(H3,11,13,14)/b12-7+. The lowest BCUT2D eigenvalue weighted by Crippen LogP contribution is -2.24. The first-order valence-corrected chi connectivity index (χ1v) is 5.71. The predicted molar refractivity (Wildman–Crippen MR) is 63.2 cm³/mol. The Labute approximate surface area is 93.2 Å². The maximum absolute atomic E-state index is 10.3. The number of nitrogens with one attached hydrogen (secondary N) is 1. The Morgan fingerprint density at radius 2 is 2.47 bits per heavy atom. The summed E-state index contributed by atoms with van der Waals surface area (Å²) >= 11 is 1.68. The largest absolute Gasteiger partial charge is 0.350 e. The van der Waals surface area contributed by atoms with Gasteiger partial charge in [-0.3, -0.25) is 0 Å². The van der Waals surface area contributed by atoms with E-state index in [4.69, 9.17) is 5.73 Å². The van der Waals surface area contributed by atoms with Crippen molar-refractivity contribution in [3.8, 4) is 0 Å². The number of urea groups is 1. The van der Waals surface area contributed by atoms with E-state index >= 15 is 0 Å². The number of hydrazone groups is 1. The van der Waals surface area contributed by atoms with Crippen molar-refractivity contribution in [3.05, 3.63) is 21.9 Å². The molecular formula is C10H15N3OS. The first kappa shape index (κ1) is 11.7. The normalized spacial score (nSPS) is 10.7. The van der Waals surface area contributed by atoms with Gasteiger partial charge in [0, 0.05) is 9.75 Å². The van der Waals surface area contributed by atoms with Crippen LogP contribution in [0.1, 0.15) is 29.5 Å². The summed E-state index contributed by atoms with van der Waals surface area (Å²) < 4.78 is 0. The zero-order valence-electron chi connectivity index (χ0n) is 8.69. The van der Waals surface area contributed by atoms with E-state index in [9.17, 15) is 4.79 Å². The molecule has 0 aliphatic carbocycles. The van der Waals surface area contributed by atoms with Crippen molar-refractivity contribution in [2.45, 2.75) is 26.2 Å². The quantitative estimate of drug-likeness (QED) is 0.584. The first-order chi connectivity index (χ1) is 7.22. The minimum Gasteiger partial charge on any atom is -0.350 e. The Morgan fingerprint density at radius 1 is 1.67 bits per heavy atom. The van der Waals surface area contributed by atoms with Gasteiger partial charge in [0.25, 0.3) is 0 Å². The van der Waals surface area contributed by atoms with Crippen LogP contribution in [0.4, 0.5) is 4.79 Å². The monoisotopic (exact) mass is 225 g/mol. The Hall–Kier alpha value is -1.36.